The molecule has 0 bridgehead atoms. The van der Waals surface area contributed by atoms with Gasteiger partial charge in [0, 0.05) is 5.57 Å². The third-order valence-corrected chi connectivity index (χ3v) is 4.39. The molecule has 0 unspecified atom stereocenters. The fourth-order valence-electron chi connectivity index (χ4n) is 2.78. The van der Waals surface area contributed by atoms with Crippen LogP contribution in [0.2, 0.25) is 0 Å². The fraction of sp³-hybridized carbons (Fsp3) is 0.200. The van der Waals surface area contributed by atoms with E-state index in [1.807, 2.05) is 42.5 Å². The Morgan fingerprint density at radius 1 is 0.833 bits per heavy atom. The quantitative estimate of drug-likeness (QED) is 0.209. The molecule has 3 aromatic rings. The summed E-state index contributed by atoms with van der Waals surface area (Å²) < 4.78 is 16.2. The molecule has 0 fully saturated rings. The molecule has 3 aromatic carbocycles. The molecule has 0 aliphatic carbocycles. The zero-order valence-corrected chi connectivity index (χ0v) is 16.9. The molecule has 0 amide bonds. The highest BCUT2D eigenvalue weighted by atomic mass is 16.5. The average molecular weight is 404 g/mol. The van der Waals surface area contributed by atoms with Crippen molar-refractivity contribution in [1.82, 2.24) is 0 Å². The number of carbonyl (C=O) groups is 2. The van der Waals surface area contributed by atoms with Gasteiger partial charge in [0.25, 0.3) is 0 Å². The number of esters is 2. The number of carbonyl (C=O) groups excluding carboxylic acids is 2. The van der Waals surface area contributed by atoms with Crippen molar-refractivity contribution in [3.05, 3.63) is 84.4 Å². The van der Waals surface area contributed by atoms with E-state index in [-0.39, 0.29) is 5.97 Å². The first-order chi connectivity index (χ1) is 14.5. The van der Waals surface area contributed by atoms with Gasteiger partial charge in [-0.15, -0.1) is 0 Å². The standard InChI is InChI=1S/C25H24O5/c1-18(2)24(26)29-15-7-6-14-28-23-13-12-19-16-21(11-10-20(19)17-23)25(27)30-22-8-4-3-5-9-22/h3-5,8-13,16-17H,1,6-7,14-15H2,2H3. The van der Waals surface area contributed by atoms with Gasteiger partial charge in [0.2, 0.25) is 0 Å². The number of rotatable bonds is 9. The van der Waals surface area contributed by atoms with Crippen LogP contribution in [-0.2, 0) is 9.53 Å². The highest BCUT2D eigenvalue weighted by molar-refractivity contribution is 5.96. The summed E-state index contributed by atoms with van der Waals surface area (Å²) in [7, 11) is 0. The summed E-state index contributed by atoms with van der Waals surface area (Å²) in [6.45, 7) is 6.05. The normalized spacial score (nSPS) is 10.4. The van der Waals surface area contributed by atoms with Crippen LogP contribution in [0.15, 0.2) is 78.9 Å². The molecule has 3 rings (SSSR count). The van der Waals surface area contributed by atoms with Crippen LogP contribution in [0.5, 0.6) is 11.5 Å². The molecule has 5 heteroatoms. The summed E-state index contributed by atoms with van der Waals surface area (Å²) >= 11 is 0. The first-order valence-electron chi connectivity index (χ1n) is 9.79. The minimum atomic E-state index is -0.393. The van der Waals surface area contributed by atoms with Crippen LogP contribution < -0.4 is 9.47 Å². The average Bonchev–Trinajstić information content (AvgIpc) is 2.76. The highest BCUT2D eigenvalue weighted by Crippen LogP contribution is 2.23. The van der Waals surface area contributed by atoms with E-state index in [0.29, 0.717) is 30.1 Å². The van der Waals surface area contributed by atoms with Gasteiger partial charge >= 0.3 is 11.9 Å². The summed E-state index contributed by atoms with van der Waals surface area (Å²) in [5.74, 6) is 0.509. The van der Waals surface area contributed by atoms with Gasteiger partial charge in [-0.1, -0.05) is 36.9 Å². The smallest absolute Gasteiger partial charge is 0.343 e. The van der Waals surface area contributed by atoms with Crippen LogP contribution >= 0.6 is 0 Å². The number of benzene rings is 3. The van der Waals surface area contributed by atoms with Gasteiger partial charge in [-0.05, 0) is 66.9 Å². The predicted molar refractivity (Wildman–Crippen MR) is 116 cm³/mol. The van der Waals surface area contributed by atoms with Crippen LogP contribution in [-0.4, -0.2) is 25.2 Å². The molecule has 0 radical (unpaired) electrons. The maximum absolute atomic E-state index is 12.3. The van der Waals surface area contributed by atoms with Crippen LogP contribution in [0.4, 0.5) is 0 Å². The van der Waals surface area contributed by atoms with Crippen molar-refractivity contribution >= 4 is 22.7 Å². The number of hydrogen-bond donors (Lipinski definition) is 0. The van der Waals surface area contributed by atoms with Crippen molar-refractivity contribution in [2.24, 2.45) is 0 Å². The van der Waals surface area contributed by atoms with Crippen LogP contribution in [0.3, 0.4) is 0 Å². The molecular weight excluding hydrogens is 380 g/mol. The van der Waals surface area contributed by atoms with Gasteiger partial charge in [-0.2, -0.15) is 0 Å². The van der Waals surface area contributed by atoms with Crippen molar-refractivity contribution in [1.29, 1.82) is 0 Å². The lowest BCUT2D eigenvalue weighted by Gasteiger charge is -2.09. The molecule has 154 valence electrons. The lowest BCUT2D eigenvalue weighted by Crippen LogP contribution is -2.08. The Kier molecular flexibility index (Phi) is 7.22. The monoisotopic (exact) mass is 404 g/mol. The molecule has 0 saturated heterocycles. The second-order valence-electron chi connectivity index (χ2n) is 6.90. The Labute approximate surface area is 175 Å². The van der Waals surface area contributed by atoms with E-state index in [1.165, 1.54) is 0 Å². The Hall–Kier alpha value is -3.60. The molecule has 0 aromatic heterocycles. The molecule has 0 aliphatic rings. The van der Waals surface area contributed by atoms with Crippen molar-refractivity contribution in [2.45, 2.75) is 19.8 Å². The summed E-state index contributed by atoms with van der Waals surface area (Å²) in [5, 5.41) is 1.90. The van der Waals surface area contributed by atoms with E-state index >= 15 is 0 Å². The molecule has 0 N–H and O–H groups in total. The van der Waals surface area contributed by atoms with E-state index in [1.54, 1.807) is 31.2 Å². The van der Waals surface area contributed by atoms with Crippen molar-refractivity contribution in [2.75, 3.05) is 13.2 Å². The van der Waals surface area contributed by atoms with E-state index in [2.05, 4.69) is 6.58 Å². The Balaban J connectivity index is 1.52. The zero-order chi connectivity index (χ0) is 21.3. The van der Waals surface area contributed by atoms with E-state index in [0.717, 1.165) is 29.4 Å². The minimum absolute atomic E-state index is 0.356. The predicted octanol–water partition coefficient (Wildman–Crippen LogP) is 5.34. The zero-order valence-electron chi connectivity index (χ0n) is 16.9. The number of unbranched alkanes of at least 4 members (excludes halogenated alkanes) is 1. The first-order valence-corrected chi connectivity index (χ1v) is 9.79. The molecule has 30 heavy (non-hydrogen) atoms. The molecule has 0 atom stereocenters. The van der Waals surface area contributed by atoms with Gasteiger partial charge < -0.3 is 14.2 Å². The van der Waals surface area contributed by atoms with Crippen molar-refractivity contribution < 1.29 is 23.8 Å². The lowest BCUT2D eigenvalue weighted by atomic mass is 10.1. The largest absolute Gasteiger partial charge is 0.494 e. The van der Waals surface area contributed by atoms with Gasteiger partial charge in [0.15, 0.2) is 0 Å². The summed E-state index contributed by atoms with van der Waals surface area (Å²) in [6, 6.07) is 20.1. The second kappa shape index (κ2) is 10.3. The van der Waals surface area contributed by atoms with E-state index in [9.17, 15) is 9.59 Å². The number of ether oxygens (including phenoxy) is 3. The van der Waals surface area contributed by atoms with Crippen LogP contribution in [0, 0.1) is 0 Å². The fourth-order valence-corrected chi connectivity index (χ4v) is 2.78. The van der Waals surface area contributed by atoms with Crippen LogP contribution in [0.1, 0.15) is 30.1 Å². The maximum atomic E-state index is 12.3. The third-order valence-electron chi connectivity index (χ3n) is 4.39. The topological polar surface area (TPSA) is 61.8 Å². The van der Waals surface area contributed by atoms with E-state index < -0.39 is 5.97 Å². The number of para-hydroxylation sites is 1. The minimum Gasteiger partial charge on any atom is -0.494 e. The van der Waals surface area contributed by atoms with Gasteiger partial charge in [0.05, 0.1) is 18.8 Å². The molecular formula is C25H24O5. The number of fused-ring (bicyclic) bond motifs is 1. The summed E-state index contributed by atoms with van der Waals surface area (Å²) in [6.07, 6.45) is 1.49. The second-order valence-corrected chi connectivity index (χ2v) is 6.90. The lowest BCUT2D eigenvalue weighted by molar-refractivity contribution is -0.139. The molecule has 0 spiro atoms. The summed E-state index contributed by atoms with van der Waals surface area (Å²) in [4.78, 5) is 23.6. The maximum Gasteiger partial charge on any atom is 0.343 e. The molecule has 5 nitrogen and oxygen atoms in total. The Bertz CT molecular complexity index is 1040. The van der Waals surface area contributed by atoms with Crippen molar-refractivity contribution in [3.8, 4) is 11.5 Å². The van der Waals surface area contributed by atoms with Gasteiger partial charge in [-0.3, -0.25) is 0 Å². The summed E-state index contributed by atoms with van der Waals surface area (Å²) in [5.41, 5.74) is 0.892. The van der Waals surface area contributed by atoms with E-state index in [4.69, 9.17) is 14.2 Å². The molecule has 0 heterocycles. The molecule has 0 aliphatic heterocycles. The Morgan fingerprint density at radius 3 is 2.30 bits per heavy atom. The Morgan fingerprint density at radius 2 is 1.53 bits per heavy atom. The first kappa shape index (κ1) is 21.1. The SMILES string of the molecule is C=C(C)C(=O)OCCCCOc1ccc2cc(C(=O)Oc3ccccc3)ccc2c1. The van der Waals surface area contributed by atoms with Crippen LogP contribution in [0.25, 0.3) is 10.8 Å². The highest BCUT2D eigenvalue weighted by Gasteiger charge is 2.10. The number of hydrogen-bond acceptors (Lipinski definition) is 5. The molecule has 0 saturated carbocycles. The van der Waals surface area contributed by atoms with Crippen molar-refractivity contribution in [3.63, 3.8) is 0 Å². The third kappa shape index (κ3) is 5.95. The van der Waals surface area contributed by atoms with Gasteiger partial charge in [0.1, 0.15) is 11.5 Å². The van der Waals surface area contributed by atoms with Gasteiger partial charge in [-0.25, -0.2) is 9.59 Å².